The third-order valence-corrected chi connectivity index (χ3v) is 4.72. The molecule has 1 aromatic heterocycles. The Morgan fingerprint density at radius 3 is 2.67 bits per heavy atom. The average molecular weight is 267 g/mol. The number of thiazole rings is 1. The van der Waals surface area contributed by atoms with Gasteiger partial charge in [-0.1, -0.05) is 20.8 Å². The van der Waals surface area contributed by atoms with E-state index in [-0.39, 0.29) is 5.41 Å². The lowest BCUT2D eigenvalue weighted by molar-refractivity contribution is 0.336. The second kappa shape index (κ2) is 6.13. The van der Waals surface area contributed by atoms with Crippen molar-refractivity contribution in [3.63, 3.8) is 0 Å². The molecule has 2 rings (SSSR count). The summed E-state index contributed by atoms with van der Waals surface area (Å²) in [6, 6.07) is 0. The van der Waals surface area contributed by atoms with Crippen molar-refractivity contribution in [2.75, 3.05) is 26.2 Å². The second-order valence-corrected chi connectivity index (χ2v) is 7.22. The molecule has 1 aliphatic rings. The number of rotatable bonds is 5. The fourth-order valence-electron chi connectivity index (χ4n) is 2.19. The maximum Gasteiger partial charge on any atom is 0.0981 e. The number of nitrogens with one attached hydrogen (secondary N) is 1. The highest BCUT2D eigenvalue weighted by Gasteiger charge is 2.17. The van der Waals surface area contributed by atoms with Crippen molar-refractivity contribution in [2.45, 2.75) is 45.6 Å². The van der Waals surface area contributed by atoms with Gasteiger partial charge in [0.15, 0.2) is 0 Å². The van der Waals surface area contributed by atoms with Crippen LogP contribution in [-0.4, -0.2) is 36.1 Å². The Morgan fingerprint density at radius 2 is 2.06 bits per heavy atom. The van der Waals surface area contributed by atoms with E-state index >= 15 is 0 Å². The summed E-state index contributed by atoms with van der Waals surface area (Å²) in [6.07, 6.45) is 4.78. The van der Waals surface area contributed by atoms with Crippen molar-refractivity contribution in [1.82, 2.24) is 15.2 Å². The fraction of sp³-hybridized carbons (Fsp3) is 0.786. The molecule has 0 spiro atoms. The first kappa shape index (κ1) is 14.0. The quantitative estimate of drug-likeness (QED) is 0.831. The molecule has 1 aliphatic heterocycles. The molecule has 0 amide bonds. The number of aromatic nitrogens is 1. The van der Waals surface area contributed by atoms with Gasteiger partial charge in [0.2, 0.25) is 0 Å². The third kappa shape index (κ3) is 4.04. The van der Waals surface area contributed by atoms with Gasteiger partial charge in [-0.05, 0) is 25.9 Å². The molecule has 1 fully saturated rings. The fourth-order valence-corrected chi connectivity index (χ4v) is 3.13. The van der Waals surface area contributed by atoms with Gasteiger partial charge in [-0.3, -0.25) is 0 Å². The number of nitrogens with zero attached hydrogens (tertiary/aromatic N) is 2. The highest BCUT2D eigenvalue weighted by molar-refractivity contribution is 7.11. The van der Waals surface area contributed by atoms with Crippen LogP contribution in [0.15, 0.2) is 6.20 Å². The minimum absolute atomic E-state index is 0.179. The summed E-state index contributed by atoms with van der Waals surface area (Å²) < 4.78 is 0. The molecule has 1 aromatic rings. The van der Waals surface area contributed by atoms with E-state index in [9.17, 15) is 0 Å². The first-order valence-corrected chi connectivity index (χ1v) is 7.75. The molecular formula is C14H25N3S. The van der Waals surface area contributed by atoms with Gasteiger partial charge in [-0.2, -0.15) is 0 Å². The molecule has 0 atom stereocenters. The Balaban J connectivity index is 1.68. The van der Waals surface area contributed by atoms with Crippen LogP contribution in [0, 0.1) is 0 Å². The van der Waals surface area contributed by atoms with Crippen molar-refractivity contribution in [1.29, 1.82) is 0 Å². The molecular weight excluding hydrogens is 242 g/mol. The van der Waals surface area contributed by atoms with Crippen LogP contribution in [0.25, 0.3) is 0 Å². The van der Waals surface area contributed by atoms with E-state index in [1.807, 2.05) is 17.5 Å². The van der Waals surface area contributed by atoms with Gasteiger partial charge in [0.25, 0.3) is 0 Å². The van der Waals surface area contributed by atoms with Crippen LogP contribution in [-0.2, 0) is 12.0 Å². The van der Waals surface area contributed by atoms with Gasteiger partial charge in [-0.15, -0.1) is 11.3 Å². The zero-order valence-corrected chi connectivity index (χ0v) is 12.6. The van der Waals surface area contributed by atoms with Crippen molar-refractivity contribution >= 4 is 11.3 Å². The zero-order valence-electron chi connectivity index (χ0n) is 11.8. The average Bonchev–Trinajstić information content (AvgIpc) is 2.95. The van der Waals surface area contributed by atoms with Crippen LogP contribution in [0.1, 0.15) is 43.5 Å². The van der Waals surface area contributed by atoms with Gasteiger partial charge < -0.3 is 10.2 Å². The largest absolute Gasteiger partial charge is 0.311 e. The van der Waals surface area contributed by atoms with Gasteiger partial charge >= 0.3 is 0 Å². The lowest BCUT2D eigenvalue weighted by Gasteiger charge is -2.14. The molecule has 1 saturated heterocycles. The molecule has 1 N–H and O–H groups in total. The summed E-state index contributed by atoms with van der Waals surface area (Å²) in [5.41, 5.74) is 0.179. The van der Waals surface area contributed by atoms with Crippen molar-refractivity contribution < 1.29 is 0 Å². The first-order valence-electron chi connectivity index (χ1n) is 6.94. The predicted octanol–water partition coefficient (Wildman–Crippen LogP) is 2.63. The molecule has 3 nitrogen and oxygen atoms in total. The first-order chi connectivity index (χ1) is 8.55. The van der Waals surface area contributed by atoms with Crippen molar-refractivity contribution in [2.24, 2.45) is 0 Å². The van der Waals surface area contributed by atoms with Crippen molar-refractivity contribution in [3.8, 4) is 0 Å². The van der Waals surface area contributed by atoms with Crippen LogP contribution >= 0.6 is 11.3 Å². The van der Waals surface area contributed by atoms with E-state index in [1.54, 1.807) is 0 Å². The summed E-state index contributed by atoms with van der Waals surface area (Å²) in [4.78, 5) is 8.40. The summed E-state index contributed by atoms with van der Waals surface area (Å²) in [6.45, 7) is 12.5. The highest BCUT2D eigenvalue weighted by atomic mass is 32.1. The Morgan fingerprint density at radius 1 is 1.33 bits per heavy atom. The standard InChI is InChI=1S/C14H25N3S/c1-14(2,3)13-16-11-12(18-13)10-15-6-9-17-7-4-5-8-17/h11,15H,4-10H2,1-3H3. The Hall–Kier alpha value is -0.450. The maximum atomic E-state index is 4.51. The lowest BCUT2D eigenvalue weighted by Crippen LogP contribution is -2.29. The SMILES string of the molecule is CC(C)(C)c1ncc(CNCCN2CCCC2)s1. The highest BCUT2D eigenvalue weighted by Crippen LogP contribution is 2.26. The lowest BCUT2D eigenvalue weighted by atomic mass is 9.98. The monoisotopic (exact) mass is 267 g/mol. The van der Waals surface area contributed by atoms with E-state index in [2.05, 4.69) is 36.0 Å². The third-order valence-electron chi connectivity index (χ3n) is 3.30. The molecule has 2 heterocycles. The molecule has 0 unspecified atom stereocenters. The van der Waals surface area contributed by atoms with Crippen molar-refractivity contribution in [3.05, 3.63) is 16.1 Å². The van der Waals surface area contributed by atoms with E-state index in [4.69, 9.17) is 0 Å². The second-order valence-electron chi connectivity index (χ2n) is 6.11. The molecule has 4 heteroatoms. The van der Waals surface area contributed by atoms with Crippen LogP contribution in [0.5, 0.6) is 0 Å². The summed E-state index contributed by atoms with van der Waals surface area (Å²) in [7, 11) is 0. The normalized spacial score (nSPS) is 17.5. The molecule has 0 aliphatic carbocycles. The number of hydrogen-bond acceptors (Lipinski definition) is 4. The topological polar surface area (TPSA) is 28.2 Å². The Labute approximate surface area is 115 Å². The van der Waals surface area contributed by atoms with Gasteiger partial charge in [0.1, 0.15) is 0 Å². The van der Waals surface area contributed by atoms with Gasteiger partial charge in [0, 0.05) is 36.1 Å². The molecule has 0 aromatic carbocycles. The smallest absolute Gasteiger partial charge is 0.0981 e. The molecule has 0 radical (unpaired) electrons. The minimum atomic E-state index is 0.179. The predicted molar refractivity (Wildman–Crippen MR) is 78.2 cm³/mol. The van der Waals surface area contributed by atoms with E-state index < -0.39 is 0 Å². The maximum absolute atomic E-state index is 4.51. The van der Waals surface area contributed by atoms with Crippen LogP contribution in [0.2, 0.25) is 0 Å². The Bertz CT molecular complexity index is 361. The Kier molecular flexibility index (Phi) is 4.76. The van der Waals surface area contributed by atoms with Crippen LogP contribution in [0.3, 0.4) is 0 Å². The molecule has 18 heavy (non-hydrogen) atoms. The summed E-state index contributed by atoms with van der Waals surface area (Å²) in [5, 5.41) is 4.76. The van der Waals surface area contributed by atoms with Crippen LogP contribution in [0.4, 0.5) is 0 Å². The minimum Gasteiger partial charge on any atom is -0.311 e. The van der Waals surface area contributed by atoms with E-state index in [0.717, 1.165) is 13.1 Å². The molecule has 0 bridgehead atoms. The summed E-state index contributed by atoms with van der Waals surface area (Å²) >= 11 is 1.84. The van der Waals surface area contributed by atoms with E-state index in [0.29, 0.717) is 0 Å². The van der Waals surface area contributed by atoms with Crippen LogP contribution < -0.4 is 5.32 Å². The summed E-state index contributed by atoms with van der Waals surface area (Å²) in [5.74, 6) is 0. The molecule has 102 valence electrons. The van der Waals surface area contributed by atoms with E-state index in [1.165, 1.54) is 42.4 Å². The van der Waals surface area contributed by atoms with Gasteiger partial charge in [0.05, 0.1) is 5.01 Å². The number of likely N-dealkylation sites (tertiary alicyclic amines) is 1. The van der Waals surface area contributed by atoms with Gasteiger partial charge in [-0.25, -0.2) is 4.98 Å². The zero-order chi connectivity index (χ0) is 13.0. The number of hydrogen-bond donors (Lipinski definition) is 1. The molecule has 0 saturated carbocycles.